The molecular formula is C11H14ClN3O2. The summed E-state index contributed by atoms with van der Waals surface area (Å²) >= 11 is 5.70. The lowest BCUT2D eigenvalue weighted by Crippen LogP contribution is -2.37. The lowest BCUT2D eigenvalue weighted by Gasteiger charge is -2.18. The minimum absolute atomic E-state index is 0.114. The summed E-state index contributed by atoms with van der Waals surface area (Å²) in [7, 11) is 0. The number of aryl methyl sites for hydroxylation is 1. The van der Waals surface area contributed by atoms with Crippen molar-refractivity contribution in [1.82, 2.24) is 14.9 Å². The van der Waals surface area contributed by atoms with Crippen molar-refractivity contribution in [2.75, 3.05) is 6.54 Å². The smallest absolute Gasteiger partial charge is 0.255 e. The standard InChI is InChI=1S/C11H14ClN3O2/c1-7-14-9(12)6-10(16)15(7)8-4-2-3-5-13-11(8)17/h6,8H,2-5H2,1H3,(H,13,17). The van der Waals surface area contributed by atoms with Crippen LogP contribution in [-0.4, -0.2) is 22.0 Å². The van der Waals surface area contributed by atoms with Crippen LogP contribution in [0.2, 0.25) is 5.15 Å². The van der Waals surface area contributed by atoms with Gasteiger partial charge in [-0.05, 0) is 26.2 Å². The molecule has 6 heteroatoms. The second-order valence-electron chi connectivity index (χ2n) is 4.14. The molecule has 0 aliphatic carbocycles. The third-order valence-corrected chi connectivity index (χ3v) is 3.11. The number of carbonyl (C=O) groups excluding carboxylic acids is 1. The van der Waals surface area contributed by atoms with Crippen LogP contribution in [0.25, 0.3) is 0 Å². The largest absolute Gasteiger partial charge is 0.354 e. The molecule has 17 heavy (non-hydrogen) atoms. The second-order valence-corrected chi connectivity index (χ2v) is 4.52. The fraction of sp³-hybridized carbons (Fsp3) is 0.545. The van der Waals surface area contributed by atoms with Gasteiger partial charge in [0.25, 0.3) is 5.56 Å². The normalized spacial score (nSPS) is 20.8. The molecule has 1 aromatic rings. The summed E-state index contributed by atoms with van der Waals surface area (Å²) in [6.07, 6.45) is 2.52. The molecule has 0 aromatic carbocycles. The molecule has 1 unspecified atom stereocenters. The molecular weight excluding hydrogens is 242 g/mol. The van der Waals surface area contributed by atoms with Gasteiger partial charge >= 0.3 is 0 Å². The number of hydrogen-bond acceptors (Lipinski definition) is 3. The molecule has 1 aromatic heterocycles. The third kappa shape index (κ3) is 2.49. The monoisotopic (exact) mass is 255 g/mol. The van der Waals surface area contributed by atoms with E-state index in [1.54, 1.807) is 6.92 Å². The molecule has 1 aliphatic heterocycles. The molecule has 0 spiro atoms. The van der Waals surface area contributed by atoms with E-state index in [4.69, 9.17) is 11.6 Å². The quantitative estimate of drug-likeness (QED) is 0.763. The van der Waals surface area contributed by atoms with E-state index >= 15 is 0 Å². The zero-order valence-electron chi connectivity index (χ0n) is 9.57. The number of carbonyl (C=O) groups is 1. The minimum atomic E-state index is -0.463. The van der Waals surface area contributed by atoms with E-state index in [1.165, 1.54) is 10.6 Å². The highest BCUT2D eigenvalue weighted by Crippen LogP contribution is 2.18. The molecule has 1 N–H and O–H groups in total. The number of halogens is 1. The van der Waals surface area contributed by atoms with E-state index in [9.17, 15) is 9.59 Å². The summed E-state index contributed by atoms with van der Waals surface area (Å²) in [5.41, 5.74) is -0.274. The summed E-state index contributed by atoms with van der Waals surface area (Å²) in [6, 6.07) is 0.780. The Labute approximate surface area is 104 Å². The lowest BCUT2D eigenvalue weighted by atomic mass is 10.1. The van der Waals surface area contributed by atoms with Gasteiger partial charge in [0, 0.05) is 12.6 Å². The number of nitrogens with one attached hydrogen (secondary N) is 1. The van der Waals surface area contributed by atoms with Gasteiger partial charge < -0.3 is 5.32 Å². The van der Waals surface area contributed by atoms with Gasteiger partial charge in [-0.2, -0.15) is 0 Å². The van der Waals surface area contributed by atoms with Gasteiger partial charge in [0.1, 0.15) is 17.0 Å². The van der Waals surface area contributed by atoms with Crippen molar-refractivity contribution in [3.8, 4) is 0 Å². The molecule has 2 heterocycles. The summed E-state index contributed by atoms with van der Waals surface area (Å²) in [5, 5.41) is 2.97. The Morgan fingerprint density at radius 2 is 2.24 bits per heavy atom. The van der Waals surface area contributed by atoms with Gasteiger partial charge in [0.05, 0.1) is 0 Å². The first kappa shape index (κ1) is 12.1. The first-order chi connectivity index (χ1) is 8.09. The Morgan fingerprint density at radius 1 is 1.47 bits per heavy atom. The van der Waals surface area contributed by atoms with Crippen LogP contribution < -0.4 is 10.9 Å². The Morgan fingerprint density at radius 3 is 2.94 bits per heavy atom. The number of amides is 1. The topological polar surface area (TPSA) is 64.0 Å². The van der Waals surface area contributed by atoms with Crippen LogP contribution in [0.4, 0.5) is 0 Å². The average Bonchev–Trinajstić information content (AvgIpc) is 2.43. The number of aromatic nitrogens is 2. The molecule has 92 valence electrons. The Hall–Kier alpha value is -1.36. The van der Waals surface area contributed by atoms with E-state index in [0.717, 1.165) is 12.8 Å². The first-order valence-corrected chi connectivity index (χ1v) is 6.01. The van der Waals surface area contributed by atoms with Crippen molar-refractivity contribution in [3.05, 3.63) is 27.4 Å². The van der Waals surface area contributed by atoms with E-state index in [1.807, 2.05) is 0 Å². The summed E-state index contributed by atoms with van der Waals surface area (Å²) in [5.74, 6) is 0.362. The molecule has 2 rings (SSSR count). The van der Waals surface area contributed by atoms with Gasteiger partial charge in [0.2, 0.25) is 5.91 Å². The van der Waals surface area contributed by atoms with E-state index < -0.39 is 6.04 Å². The van der Waals surface area contributed by atoms with Gasteiger partial charge in [-0.15, -0.1) is 0 Å². The van der Waals surface area contributed by atoms with Crippen molar-refractivity contribution in [2.45, 2.75) is 32.2 Å². The maximum absolute atomic E-state index is 11.9. The molecule has 0 radical (unpaired) electrons. The van der Waals surface area contributed by atoms with Crippen LogP contribution in [0.3, 0.4) is 0 Å². The van der Waals surface area contributed by atoms with E-state index in [2.05, 4.69) is 10.3 Å². The summed E-state index contributed by atoms with van der Waals surface area (Å²) in [4.78, 5) is 27.8. The maximum Gasteiger partial charge on any atom is 0.255 e. The predicted octanol–water partition coefficient (Wildman–Crippen LogP) is 1.05. The molecule has 1 atom stereocenters. The van der Waals surface area contributed by atoms with Crippen LogP contribution in [-0.2, 0) is 4.79 Å². The van der Waals surface area contributed by atoms with Gasteiger partial charge in [-0.1, -0.05) is 11.6 Å². The molecule has 0 bridgehead atoms. The van der Waals surface area contributed by atoms with Crippen molar-refractivity contribution in [1.29, 1.82) is 0 Å². The number of hydrogen-bond donors (Lipinski definition) is 1. The van der Waals surface area contributed by atoms with Crippen molar-refractivity contribution >= 4 is 17.5 Å². The van der Waals surface area contributed by atoms with Gasteiger partial charge in [0.15, 0.2) is 0 Å². The summed E-state index contributed by atoms with van der Waals surface area (Å²) in [6.45, 7) is 2.36. The first-order valence-electron chi connectivity index (χ1n) is 5.63. The fourth-order valence-corrected chi connectivity index (χ4v) is 2.34. The van der Waals surface area contributed by atoms with Crippen LogP contribution >= 0.6 is 11.6 Å². The Balaban J connectivity index is 2.45. The van der Waals surface area contributed by atoms with Crippen molar-refractivity contribution in [3.63, 3.8) is 0 Å². The van der Waals surface area contributed by atoms with Crippen molar-refractivity contribution in [2.24, 2.45) is 0 Å². The molecule has 1 amide bonds. The van der Waals surface area contributed by atoms with E-state index in [-0.39, 0.29) is 16.6 Å². The zero-order chi connectivity index (χ0) is 12.4. The SMILES string of the molecule is Cc1nc(Cl)cc(=O)n1C1CCCCNC1=O. The Kier molecular flexibility index (Phi) is 3.47. The predicted molar refractivity (Wildman–Crippen MR) is 64.1 cm³/mol. The van der Waals surface area contributed by atoms with Crippen LogP contribution in [0.1, 0.15) is 31.1 Å². The molecule has 1 fully saturated rings. The van der Waals surface area contributed by atoms with Crippen molar-refractivity contribution < 1.29 is 4.79 Å². The fourth-order valence-electron chi connectivity index (χ4n) is 2.12. The molecule has 0 saturated carbocycles. The highest BCUT2D eigenvalue weighted by Gasteiger charge is 2.24. The Bertz CT molecular complexity index is 498. The van der Waals surface area contributed by atoms with Gasteiger partial charge in [-0.3, -0.25) is 14.2 Å². The number of nitrogens with zero attached hydrogens (tertiary/aromatic N) is 2. The second kappa shape index (κ2) is 4.87. The molecule has 1 saturated heterocycles. The van der Waals surface area contributed by atoms with Crippen LogP contribution in [0, 0.1) is 6.92 Å². The van der Waals surface area contributed by atoms with Gasteiger partial charge in [-0.25, -0.2) is 4.98 Å². The van der Waals surface area contributed by atoms with E-state index in [0.29, 0.717) is 18.8 Å². The molecule has 1 aliphatic rings. The average molecular weight is 256 g/mol. The highest BCUT2D eigenvalue weighted by molar-refractivity contribution is 6.29. The lowest BCUT2D eigenvalue weighted by molar-refractivity contribution is -0.124. The maximum atomic E-state index is 11.9. The minimum Gasteiger partial charge on any atom is -0.354 e. The number of rotatable bonds is 1. The molecule has 5 nitrogen and oxygen atoms in total. The zero-order valence-corrected chi connectivity index (χ0v) is 10.3. The van der Waals surface area contributed by atoms with Crippen LogP contribution in [0.5, 0.6) is 0 Å². The third-order valence-electron chi connectivity index (χ3n) is 2.92. The highest BCUT2D eigenvalue weighted by atomic mass is 35.5. The van der Waals surface area contributed by atoms with Crippen LogP contribution in [0.15, 0.2) is 10.9 Å². The summed E-state index contributed by atoms with van der Waals surface area (Å²) < 4.78 is 1.42.